The number of fused-ring (bicyclic) bond motifs is 1. The van der Waals surface area contributed by atoms with Gasteiger partial charge < -0.3 is 15.1 Å². The third kappa shape index (κ3) is 4.33. The quantitative estimate of drug-likeness (QED) is 0.635. The minimum atomic E-state index is -0.363. The van der Waals surface area contributed by atoms with Gasteiger partial charge in [-0.25, -0.2) is 9.07 Å². The number of likely N-dealkylation sites (N-methyl/N-ethyl adjacent to an activating group) is 1. The molecule has 0 radical (unpaired) electrons. The number of para-hydroxylation sites is 1. The number of benzene rings is 2. The average molecular weight is 462 g/mol. The van der Waals surface area contributed by atoms with Crippen LogP contribution in [0.1, 0.15) is 44.1 Å². The van der Waals surface area contributed by atoms with Crippen molar-refractivity contribution in [1.82, 2.24) is 24.9 Å². The summed E-state index contributed by atoms with van der Waals surface area (Å²) in [7, 11) is 2.06. The summed E-state index contributed by atoms with van der Waals surface area (Å²) >= 11 is 0. The highest BCUT2D eigenvalue weighted by atomic mass is 19.1. The molecule has 34 heavy (non-hydrogen) atoms. The van der Waals surface area contributed by atoms with Crippen molar-refractivity contribution in [3.8, 4) is 5.69 Å². The zero-order valence-corrected chi connectivity index (χ0v) is 19.3. The van der Waals surface area contributed by atoms with E-state index >= 15 is 0 Å². The first-order valence-corrected chi connectivity index (χ1v) is 11.7. The van der Waals surface area contributed by atoms with E-state index in [0.29, 0.717) is 23.5 Å². The number of nitrogens with zero attached hydrogens (tertiary/aromatic N) is 4. The predicted molar refractivity (Wildman–Crippen MR) is 127 cm³/mol. The number of carbonyl (C=O) groups is 2. The van der Waals surface area contributed by atoms with Crippen molar-refractivity contribution in [2.75, 3.05) is 33.2 Å². The molecule has 2 amide bonds. The molecule has 2 heterocycles. The van der Waals surface area contributed by atoms with E-state index in [-0.39, 0.29) is 17.6 Å². The summed E-state index contributed by atoms with van der Waals surface area (Å²) in [5.74, 6) is -0.596. The molecular weight excluding hydrogens is 433 g/mol. The summed E-state index contributed by atoms with van der Waals surface area (Å²) in [6, 6.07) is 13.8. The summed E-state index contributed by atoms with van der Waals surface area (Å²) in [5.41, 5.74) is 4.07. The van der Waals surface area contributed by atoms with Gasteiger partial charge in [-0.15, -0.1) is 0 Å². The number of halogens is 1. The van der Waals surface area contributed by atoms with E-state index in [2.05, 4.69) is 22.4 Å². The highest BCUT2D eigenvalue weighted by Gasteiger charge is 2.27. The van der Waals surface area contributed by atoms with Gasteiger partial charge in [0.15, 0.2) is 5.69 Å². The van der Waals surface area contributed by atoms with Crippen LogP contribution in [0.2, 0.25) is 0 Å². The van der Waals surface area contributed by atoms with Crippen LogP contribution in [0.5, 0.6) is 0 Å². The molecule has 1 saturated heterocycles. The molecule has 1 aliphatic carbocycles. The SMILES string of the molecule is CN1CCN(C(=O)c2ccc(CNC(=O)c3nn(-c4ccccc4F)c4c3CCC4)cc2)CC1. The molecule has 2 aromatic carbocycles. The molecule has 1 aromatic heterocycles. The second kappa shape index (κ2) is 9.38. The first-order valence-electron chi connectivity index (χ1n) is 11.7. The van der Waals surface area contributed by atoms with Crippen LogP contribution in [-0.4, -0.2) is 64.6 Å². The summed E-state index contributed by atoms with van der Waals surface area (Å²) in [5, 5.41) is 7.41. The smallest absolute Gasteiger partial charge is 0.272 e. The normalized spacial score (nSPS) is 15.9. The van der Waals surface area contributed by atoms with Crippen LogP contribution in [0.15, 0.2) is 48.5 Å². The van der Waals surface area contributed by atoms with E-state index in [1.54, 1.807) is 22.9 Å². The van der Waals surface area contributed by atoms with E-state index in [4.69, 9.17) is 0 Å². The highest BCUT2D eigenvalue weighted by molar-refractivity contribution is 5.95. The summed E-state index contributed by atoms with van der Waals surface area (Å²) < 4.78 is 15.9. The number of aromatic nitrogens is 2. The van der Waals surface area contributed by atoms with Gasteiger partial charge in [0.25, 0.3) is 11.8 Å². The maximum Gasteiger partial charge on any atom is 0.272 e. The highest BCUT2D eigenvalue weighted by Crippen LogP contribution is 2.28. The fourth-order valence-electron chi connectivity index (χ4n) is 4.67. The van der Waals surface area contributed by atoms with E-state index < -0.39 is 0 Å². The maximum atomic E-state index is 14.4. The number of rotatable bonds is 5. The number of hydrogen-bond acceptors (Lipinski definition) is 4. The lowest BCUT2D eigenvalue weighted by atomic mass is 10.1. The van der Waals surface area contributed by atoms with Gasteiger partial charge >= 0.3 is 0 Å². The van der Waals surface area contributed by atoms with Crippen molar-refractivity contribution in [2.45, 2.75) is 25.8 Å². The minimum Gasteiger partial charge on any atom is -0.347 e. The van der Waals surface area contributed by atoms with E-state index in [9.17, 15) is 14.0 Å². The molecule has 2 aliphatic rings. The van der Waals surface area contributed by atoms with Gasteiger partial charge in [-0.3, -0.25) is 9.59 Å². The number of nitrogens with one attached hydrogen (secondary N) is 1. The topological polar surface area (TPSA) is 70.5 Å². The summed E-state index contributed by atoms with van der Waals surface area (Å²) in [4.78, 5) is 29.8. The molecule has 0 atom stereocenters. The second-order valence-electron chi connectivity index (χ2n) is 8.97. The summed E-state index contributed by atoms with van der Waals surface area (Å²) in [6.45, 7) is 3.55. The van der Waals surface area contributed by atoms with Gasteiger partial charge in [0.05, 0.1) is 0 Å². The number of hydrogen-bond donors (Lipinski definition) is 1. The lowest BCUT2D eigenvalue weighted by molar-refractivity contribution is 0.0664. The molecular formula is C26H28FN5O2. The van der Waals surface area contributed by atoms with Crippen LogP contribution in [-0.2, 0) is 19.4 Å². The van der Waals surface area contributed by atoms with Gasteiger partial charge in [-0.1, -0.05) is 24.3 Å². The van der Waals surface area contributed by atoms with Gasteiger partial charge in [0.1, 0.15) is 11.5 Å². The van der Waals surface area contributed by atoms with E-state index in [1.807, 2.05) is 29.2 Å². The number of amides is 2. The van der Waals surface area contributed by atoms with E-state index in [0.717, 1.165) is 62.3 Å². The van der Waals surface area contributed by atoms with Crippen molar-refractivity contribution in [2.24, 2.45) is 0 Å². The fraction of sp³-hybridized carbons (Fsp3) is 0.346. The Bertz CT molecular complexity index is 1210. The Labute approximate surface area is 198 Å². The van der Waals surface area contributed by atoms with Crippen molar-refractivity contribution in [3.63, 3.8) is 0 Å². The molecule has 8 heteroatoms. The molecule has 1 N–H and O–H groups in total. The Kier molecular flexibility index (Phi) is 6.15. The lowest BCUT2D eigenvalue weighted by Crippen LogP contribution is -2.47. The Hall–Kier alpha value is -3.52. The zero-order valence-electron chi connectivity index (χ0n) is 19.3. The molecule has 5 rings (SSSR count). The molecule has 0 bridgehead atoms. The summed E-state index contributed by atoms with van der Waals surface area (Å²) in [6.07, 6.45) is 2.45. The first kappa shape index (κ1) is 22.3. The Balaban J connectivity index is 1.26. The molecule has 0 unspecified atom stereocenters. The molecule has 1 aliphatic heterocycles. The van der Waals surface area contributed by atoms with Crippen molar-refractivity contribution < 1.29 is 14.0 Å². The Morgan fingerprint density at radius 3 is 2.47 bits per heavy atom. The largest absolute Gasteiger partial charge is 0.347 e. The lowest BCUT2D eigenvalue weighted by Gasteiger charge is -2.32. The Morgan fingerprint density at radius 2 is 1.74 bits per heavy atom. The molecule has 3 aromatic rings. The molecule has 7 nitrogen and oxygen atoms in total. The number of carbonyl (C=O) groups excluding carboxylic acids is 2. The zero-order chi connectivity index (χ0) is 23.7. The predicted octanol–water partition coefficient (Wildman–Crippen LogP) is 2.82. The van der Waals surface area contributed by atoms with E-state index in [1.165, 1.54) is 6.07 Å². The fourth-order valence-corrected chi connectivity index (χ4v) is 4.67. The van der Waals surface area contributed by atoms with Gasteiger partial charge in [0.2, 0.25) is 0 Å². The van der Waals surface area contributed by atoms with Gasteiger partial charge in [0, 0.05) is 49.5 Å². The minimum absolute atomic E-state index is 0.0398. The monoisotopic (exact) mass is 461 g/mol. The van der Waals surface area contributed by atoms with Crippen LogP contribution in [0.4, 0.5) is 4.39 Å². The maximum absolute atomic E-state index is 14.4. The van der Waals surface area contributed by atoms with Crippen molar-refractivity contribution >= 4 is 11.8 Å². The van der Waals surface area contributed by atoms with Crippen LogP contribution >= 0.6 is 0 Å². The van der Waals surface area contributed by atoms with Crippen LogP contribution in [0.3, 0.4) is 0 Å². The van der Waals surface area contributed by atoms with Crippen molar-refractivity contribution in [3.05, 3.63) is 82.4 Å². The van der Waals surface area contributed by atoms with Gasteiger partial charge in [-0.05, 0) is 56.1 Å². The van der Waals surface area contributed by atoms with Crippen LogP contribution in [0.25, 0.3) is 5.69 Å². The molecule has 0 spiro atoms. The number of piperazine rings is 1. The molecule has 0 saturated carbocycles. The van der Waals surface area contributed by atoms with Crippen LogP contribution < -0.4 is 5.32 Å². The standard InChI is InChI=1S/C26H28FN5O2/c1-30-13-15-31(16-14-30)26(34)19-11-9-18(10-12-19)17-28-25(33)24-20-5-4-8-22(20)32(29-24)23-7-3-2-6-21(23)27/h2-3,6-7,9-12H,4-5,8,13-17H2,1H3,(H,28,33). The average Bonchev–Trinajstić information content (AvgIpc) is 3.47. The van der Waals surface area contributed by atoms with Crippen molar-refractivity contribution in [1.29, 1.82) is 0 Å². The third-order valence-corrected chi connectivity index (χ3v) is 6.67. The molecule has 1 fully saturated rings. The molecule has 176 valence electrons. The van der Waals surface area contributed by atoms with Crippen LogP contribution in [0, 0.1) is 5.82 Å². The Morgan fingerprint density at radius 1 is 1.00 bits per heavy atom. The van der Waals surface area contributed by atoms with Gasteiger partial charge in [-0.2, -0.15) is 5.10 Å². The third-order valence-electron chi connectivity index (χ3n) is 6.67. The second-order valence-corrected chi connectivity index (χ2v) is 8.97. The first-order chi connectivity index (χ1) is 16.5.